The van der Waals surface area contributed by atoms with Crippen molar-refractivity contribution in [3.05, 3.63) is 58.3 Å². The number of hydrogen-bond donors (Lipinski definition) is 0. The minimum Gasteiger partial charge on any atom is -0.443 e. The molecule has 1 saturated carbocycles. The van der Waals surface area contributed by atoms with Gasteiger partial charge in [0.15, 0.2) is 5.65 Å². The minimum absolute atomic E-state index is 0.120. The highest BCUT2D eigenvalue weighted by atomic mass is 35.5. The first kappa shape index (κ1) is 25.3. The number of pyridine rings is 1. The van der Waals surface area contributed by atoms with Crippen molar-refractivity contribution in [3.8, 4) is 0 Å². The number of carbonyl (C=O) groups is 1. The third-order valence-electron chi connectivity index (χ3n) is 6.06. The van der Waals surface area contributed by atoms with E-state index in [0.717, 1.165) is 18.4 Å². The van der Waals surface area contributed by atoms with Crippen LogP contribution in [-0.2, 0) is 23.9 Å². The van der Waals surface area contributed by atoms with Crippen LogP contribution in [0.3, 0.4) is 0 Å². The number of aromatic nitrogens is 5. The van der Waals surface area contributed by atoms with Gasteiger partial charge >= 0.3 is 12.3 Å². The van der Waals surface area contributed by atoms with Crippen LogP contribution < -0.4 is 4.90 Å². The van der Waals surface area contributed by atoms with Crippen LogP contribution in [0.15, 0.2) is 30.7 Å². The lowest BCUT2D eigenvalue weighted by molar-refractivity contribution is -0.136. The van der Waals surface area contributed by atoms with E-state index in [1.165, 1.54) is 32.1 Å². The lowest BCUT2D eigenvalue weighted by Gasteiger charge is -2.27. The summed E-state index contributed by atoms with van der Waals surface area (Å²) in [4.78, 5) is 23.3. The summed E-state index contributed by atoms with van der Waals surface area (Å²) in [5.41, 5.74) is 0.311. The van der Waals surface area contributed by atoms with E-state index >= 15 is 0 Å². The molecule has 8 nitrogen and oxygen atoms in total. The van der Waals surface area contributed by atoms with E-state index in [9.17, 15) is 18.0 Å². The number of amides is 1. The van der Waals surface area contributed by atoms with Crippen LogP contribution in [0.25, 0.3) is 11.3 Å². The lowest BCUT2D eigenvalue weighted by atomic mass is 10.1. The average Bonchev–Trinajstić information content (AvgIpc) is 3.43. The molecule has 0 aliphatic heterocycles. The molecular weight excluding hydrogens is 509 g/mol. The highest BCUT2D eigenvalue weighted by Crippen LogP contribution is 2.43. The van der Waals surface area contributed by atoms with E-state index in [2.05, 4.69) is 15.1 Å². The Balaban J connectivity index is 1.62. The topological polar surface area (TPSA) is 77.0 Å². The van der Waals surface area contributed by atoms with Crippen LogP contribution >= 0.6 is 11.6 Å². The molecule has 1 fully saturated rings. The van der Waals surface area contributed by atoms with Gasteiger partial charge < -0.3 is 9.14 Å². The molecule has 0 unspecified atom stereocenters. The first-order valence-electron chi connectivity index (χ1n) is 12.0. The number of ether oxygens (including phenoxy) is 1. The number of hydrogen-bond acceptors (Lipinski definition) is 5. The maximum atomic E-state index is 13.9. The van der Waals surface area contributed by atoms with Gasteiger partial charge in [-0.1, -0.05) is 18.5 Å². The second-order valence-electron chi connectivity index (χ2n) is 10.2. The molecule has 0 spiro atoms. The molecule has 0 N–H and O–H groups in total. The predicted octanol–water partition coefficient (Wildman–Crippen LogP) is 6.43. The standard InChI is InChI=1S/C25H26ClF3N6O2/c1-5-14-10-30-35-20(9-19(26)32-21(14)35)34(23(36)37-24(2,3)4)13-17-12-33-11-16(15-6-7-15)8-18(22(33)31-17)25(27,28)29/h8-12,15H,5-7,13H2,1-4H3. The summed E-state index contributed by atoms with van der Waals surface area (Å²) in [5, 5.41) is 4.50. The van der Waals surface area contributed by atoms with Crippen molar-refractivity contribution in [1.29, 1.82) is 0 Å². The fourth-order valence-corrected chi connectivity index (χ4v) is 4.40. The fourth-order valence-electron chi connectivity index (χ4n) is 4.22. The van der Waals surface area contributed by atoms with Crippen molar-refractivity contribution in [2.75, 3.05) is 4.90 Å². The summed E-state index contributed by atoms with van der Waals surface area (Å²) in [6, 6.07) is 2.64. The van der Waals surface area contributed by atoms with Crippen LogP contribution in [0.4, 0.5) is 23.8 Å². The summed E-state index contributed by atoms with van der Waals surface area (Å²) in [6.45, 7) is 6.93. The third kappa shape index (κ3) is 5.09. The number of anilines is 1. The molecular formula is C25H26ClF3N6O2. The molecule has 1 aliphatic carbocycles. The number of nitrogens with zero attached hydrogens (tertiary/aromatic N) is 6. The molecule has 0 radical (unpaired) electrons. The Morgan fingerprint density at radius 1 is 1.16 bits per heavy atom. The van der Waals surface area contributed by atoms with Crippen molar-refractivity contribution in [3.63, 3.8) is 0 Å². The smallest absolute Gasteiger partial charge is 0.419 e. The zero-order valence-corrected chi connectivity index (χ0v) is 21.6. The van der Waals surface area contributed by atoms with Crippen LogP contribution in [0.1, 0.15) is 68.8 Å². The maximum absolute atomic E-state index is 13.9. The number of carbonyl (C=O) groups excluding carboxylic acids is 1. The lowest BCUT2D eigenvalue weighted by Crippen LogP contribution is -2.37. The first-order valence-corrected chi connectivity index (χ1v) is 12.3. The maximum Gasteiger partial charge on any atom is 0.419 e. The number of aryl methyl sites for hydroxylation is 1. The summed E-state index contributed by atoms with van der Waals surface area (Å²) in [5.74, 6) is 0.380. The van der Waals surface area contributed by atoms with Gasteiger partial charge in [-0.3, -0.25) is 4.90 Å². The molecule has 0 atom stereocenters. The van der Waals surface area contributed by atoms with Gasteiger partial charge in [0, 0.05) is 24.0 Å². The van der Waals surface area contributed by atoms with Crippen LogP contribution in [-0.4, -0.2) is 35.7 Å². The Hall–Kier alpha value is -3.34. The molecule has 0 bridgehead atoms. The van der Waals surface area contributed by atoms with E-state index in [0.29, 0.717) is 17.6 Å². The molecule has 4 aromatic rings. The van der Waals surface area contributed by atoms with Crippen molar-refractivity contribution in [1.82, 2.24) is 24.0 Å². The van der Waals surface area contributed by atoms with Crippen molar-refractivity contribution >= 4 is 34.8 Å². The Morgan fingerprint density at radius 3 is 2.51 bits per heavy atom. The van der Waals surface area contributed by atoms with E-state index in [1.54, 1.807) is 33.2 Å². The SMILES string of the molecule is CCc1cnn2c(N(Cc3cn4cc(C5CC5)cc(C(F)(F)F)c4n3)C(=O)OC(C)(C)C)cc(Cl)nc12. The number of halogens is 4. The Morgan fingerprint density at radius 2 is 1.89 bits per heavy atom. The predicted molar refractivity (Wildman–Crippen MR) is 132 cm³/mol. The summed E-state index contributed by atoms with van der Waals surface area (Å²) in [7, 11) is 0. The molecule has 196 valence electrons. The van der Waals surface area contributed by atoms with Crippen molar-refractivity contribution in [2.24, 2.45) is 0 Å². The van der Waals surface area contributed by atoms with E-state index in [4.69, 9.17) is 16.3 Å². The largest absolute Gasteiger partial charge is 0.443 e. The number of fused-ring (bicyclic) bond motifs is 2. The van der Waals surface area contributed by atoms with Crippen LogP contribution in [0.2, 0.25) is 5.15 Å². The average molecular weight is 535 g/mol. The monoisotopic (exact) mass is 534 g/mol. The second kappa shape index (κ2) is 8.90. The molecule has 5 rings (SSSR count). The quantitative estimate of drug-likeness (QED) is 0.276. The molecule has 12 heteroatoms. The number of rotatable bonds is 5. The molecule has 1 amide bonds. The Labute approximate surface area is 216 Å². The fraction of sp³-hybridized carbons (Fsp3) is 0.440. The molecule has 0 aromatic carbocycles. The van der Waals surface area contributed by atoms with E-state index < -0.39 is 23.4 Å². The zero-order valence-electron chi connectivity index (χ0n) is 20.8. The van der Waals surface area contributed by atoms with Gasteiger partial charge in [-0.25, -0.2) is 14.8 Å². The molecule has 37 heavy (non-hydrogen) atoms. The molecule has 4 aromatic heterocycles. The highest BCUT2D eigenvalue weighted by molar-refractivity contribution is 6.29. The third-order valence-corrected chi connectivity index (χ3v) is 6.26. The normalized spacial score (nSPS) is 14.5. The zero-order chi connectivity index (χ0) is 26.7. The molecule has 0 saturated heterocycles. The van der Waals surface area contributed by atoms with Crippen molar-refractivity contribution in [2.45, 2.75) is 71.2 Å². The summed E-state index contributed by atoms with van der Waals surface area (Å²) >= 11 is 6.31. The van der Waals surface area contributed by atoms with Gasteiger partial charge in [0.1, 0.15) is 22.2 Å². The minimum atomic E-state index is -4.57. The van der Waals surface area contributed by atoms with Gasteiger partial charge in [-0.15, -0.1) is 0 Å². The Kier molecular flexibility index (Phi) is 6.09. The van der Waals surface area contributed by atoms with Gasteiger partial charge in [0.2, 0.25) is 0 Å². The van der Waals surface area contributed by atoms with Crippen LogP contribution in [0, 0.1) is 0 Å². The van der Waals surface area contributed by atoms with E-state index in [1.807, 2.05) is 6.92 Å². The highest BCUT2D eigenvalue weighted by Gasteiger charge is 2.37. The van der Waals surface area contributed by atoms with Gasteiger partial charge in [0.05, 0.1) is 24.0 Å². The first-order chi connectivity index (χ1) is 17.3. The van der Waals surface area contributed by atoms with Gasteiger partial charge in [-0.05, 0) is 57.6 Å². The van der Waals surface area contributed by atoms with Crippen molar-refractivity contribution < 1.29 is 22.7 Å². The number of alkyl halides is 3. The second-order valence-corrected chi connectivity index (χ2v) is 10.6. The summed E-state index contributed by atoms with van der Waals surface area (Å²) in [6.07, 6.45) is 1.88. The molecule has 4 heterocycles. The van der Waals surface area contributed by atoms with Crippen LogP contribution in [0.5, 0.6) is 0 Å². The van der Waals surface area contributed by atoms with Gasteiger partial charge in [-0.2, -0.15) is 22.8 Å². The number of imidazole rings is 1. The van der Waals surface area contributed by atoms with E-state index in [-0.39, 0.29) is 34.8 Å². The molecule has 1 aliphatic rings. The summed E-state index contributed by atoms with van der Waals surface area (Å²) < 4.78 is 50.2. The van der Waals surface area contributed by atoms with Gasteiger partial charge in [0.25, 0.3) is 0 Å². The Bertz CT molecular complexity index is 1500.